The molecular weight excluding hydrogens is 304 g/mol. The van der Waals surface area contributed by atoms with Gasteiger partial charge in [-0.2, -0.15) is 0 Å². The van der Waals surface area contributed by atoms with Crippen molar-refractivity contribution in [1.82, 2.24) is 4.98 Å². The van der Waals surface area contributed by atoms with Gasteiger partial charge in [0.25, 0.3) is 0 Å². The van der Waals surface area contributed by atoms with E-state index >= 15 is 0 Å². The van der Waals surface area contributed by atoms with Crippen LogP contribution in [-0.4, -0.2) is 28.7 Å². The SMILES string of the molecule is Cc1c(C(=O)O)ccnc1NC[C@H]1CCC[C@@H](c2ccccc2)O1. The number of nitrogens with one attached hydrogen (secondary N) is 1. The van der Waals surface area contributed by atoms with Gasteiger partial charge in [-0.3, -0.25) is 0 Å². The quantitative estimate of drug-likeness (QED) is 0.874. The molecule has 0 amide bonds. The van der Waals surface area contributed by atoms with Gasteiger partial charge in [0.15, 0.2) is 0 Å². The average molecular weight is 326 g/mol. The molecule has 1 aliphatic heterocycles. The molecule has 2 aromatic rings. The van der Waals surface area contributed by atoms with Crippen LogP contribution in [0.4, 0.5) is 5.82 Å². The number of hydrogen-bond acceptors (Lipinski definition) is 4. The largest absolute Gasteiger partial charge is 0.478 e. The number of pyridine rings is 1. The number of hydrogen-bond donors (Lipinski definition) is 2. The lowest BCUT2D eigenvalue weighted by molar-refractivity contribution is -0.0442. The van der Waals surface area contributed by atoms with E-state index in [9.17, 15) is 9.90 Å². The molecule has 2 atom stereocenters. The van der Waals surface area contributed by atoms with Crippen molar-refractivity contribution >= 4 is 11.8 Å². The van der Waals surface area contributed by atoms with Crippen LogP contribution in [0, 0.1) is 6.92 Å². The molecule has 1 saturated heterocycles. The molecule has 0 unspecified atom stereocenters. The molecule has 3 rings (SSSR count). The van der Waals surface area contributed by atoms with Crippen LogP contribution in [0.25, 0.3) is 0 Å². The van der Waals surface area contributed by atoms with Crippen molar-refractivity contribution in [3.63, 3.8) is 0 Å². The number of carboxylic acid groups (broad SMARTS) is 1. The molecule has 0 spiro atoms. The van der Waals surface area contributed by atoms with Crippen LogP contribution in [0.2, 0.25) is 0 Å². The molecule has 2 N–H and O–H groups in total. The van der Waals surface area contributed by atoms with E-state index in [0.717, 1.165) is 19.3 Å². The minimum atomic E-state index is -0.934. The van der Waals surface area contributed by atoms with Crippen molar-refractivity contribution in [2.24, 2.45) is 0 Å². The van der Waals surface area contributed by atoms with E-state index in [2.05, 4.69) is 22.4 Å². The van der Waals surface area contributed by atoms with Crippen molar-refractivity contribution in [2.45, 2.75) is 38.4 Å². The number of aromatic nitrogens is 1. The highest BCUT2D eigenvalue weighted by Crippen LogP contribution is 2.31. The highest BCUT2D eigenvalue weighted by Gasteiger charge is 2.23. The van der Waals surface area contributed by atoms with E-state index in [0.29, 0.717) is 17.9 Å². The maximum Gasteiger partial charge on any atom is 0.336 e. The van der Waals surface area contributed by atoms with Gasteiger partial charge in [0, 0.05) is 18.3 Å². The molecule has 1 aromatic heterocycles. The number of carboxylic acids is 1. The second-order valence-electron chi connectivity index (χ2n) is 6.11. The van der Waals surface area contributed by atoms with Gasteiger partial charge in [0.05, 0.1) is 17.8 Å². The van der Waals surface area contributed by atoms with Crippen molar-refractivity contribution in [2.75, 3.05) is 11.9 Å². The molecule has 5 heteroatoms. The Bertz CT molecular complexity index is 703. The van der Waals surface area contributed by atoms with Gasteiger partial charge in [-0.15, -0.1) is 0 Å². The molecule has 1 aliphatic rings. The summed E-state index contributed by atoms with van der Waals surface area (Å²) in [6.07, 6.45) is 4.89. The Morgan fingerprint density at radius 3 is 2.83 bits per heavy atom. The van der Waals surface area contributed by atoms with Gasteiger partial charge in [-0.05, 0) is 37.8 Å². The normalized spacial score (nSPS) is 20.5. The molecule has 5 nitrogen and oxygen atoms in total. The number of rotatable bonds is 5. The van der Waals surface area contributed by atoms with Crippen LogP contribution >= 0.6 is 0 Å². The van der Waals surface area contributed by atoms with Crippen molar-refractivity contribution in [3.05, 3.63) is 59.3 Å². The zero-order valence-electron chi connectivity index (χ0n) is 13.7. The zero-order chi connectivity index (χ0) is 16.9. The summed E-state index contributed by atoms with van der Waals surface area (Å²) in [4.78, 5) is 15.5. The Kier molecular flexibility index (Phi) is 5.11. The Hall–Kier alpha value is -2.40. The Morgan fingerprint density at radius 1 is 1.29 bits per heavy atom. The van der Waals surface area contributed by atoms with Gasteiger partial charge in [-0.1, -0.05) is 30.3 Å². The topological polar surface area (TPSA) is 71.5 Å². The lowest BCUT2D eigenvalue weighted by Crippen LogP contribution is -2.29. The smallest absolute Gasteiger partial charge is 0.336 e. The first-order chi connectivity index (χ1) is 11.6. The third-order valence-electron chi connectivity index (χ3n) is 4.45. The zero-order valence-corrected chi connectivity index (χ0v) is 13.7. The van der Waals surface area contributed by atoms with Crippen molar-refractivity contribution < 1.29 is 14.6 Å². The second kappa shape index (κ2) is 7.45. The van der Waals surface area contributed by atoms with E-state index in [1.54, 1.807) is 6.92 Å². The van der Waals surface area contributed by atoms with Gasteiger partial charge in [0.1, 0.15) is 5.82 Å². The van der Waals surface area contributed by atoms with Crippen molar-refractivity contribution in [3.8, 4) is 0 Å². The van der Waals surface area contributed by atoms with E-state index in [1.807, 2.05) is 18.2 Å². The van der Waals surface area contributed by atoms with Crippen LogP contribution in [0.3, 0.4) is 0 Å². The standard InChI is InChI=1S/C19H22N2O3/c1-13-16(19(22)23)10-11-20-18(13)21-12-15-8-5-9-17(24-15)14-6-3-2-4-7-14/h2-4,6-7,10-11,15,17H,5,8-9,12H2,1H3,(H,20,21)(H,22,23)/t15-,17+/m1/s1. The van der Waals surface area contributed by atoms with Crippen LogP contribution in [0.5, 0.6) is 0 Å². The van der Waals surface area contributed by atoms with E-state index in [-0.39, 0.29) is 17.8 Å². The van der Waals surface area contributed by atoms with Gasteiger partial charge >= 0.3 is 5.97 Å². The lowest BCUT2D eigenvalue weighted by Gasteiger charge is -2.30. The molecule has 126 valence electrons. The summed E-state index contributed by atoms with van der Waals surface area (Å²) in [5.41, 5.74) is 2.14. The summed E-state index contributed by atoms with van der Waals surface area (Å²) in [7, 11) is 0. The van der Waals surface area contributed by atoms with E-state index in [1.165, 1.54) is 17.8 Å². The summed E-state index contributed by atoms with van der Waals surface area (Å²) in [5, 5.41) is 12.4. The molecular formula is C19H22N2O3. The predicted octanol–water partition coefficient (Wildman–Crippen LogP) is 3.81. The number of anilines is 1. The molecule has 0 aliphatic carbocycles. The number of aromatic carboxylic acids is 1. The fraction of sp³-hybridized carbons (Fsp3) is 0.368. The molecule has 0 radical (unpaired) electrons. The van der Waals surface area contributed by atoms with Crippen LogP contribution in [-0.2, 0) is 4.74 Å². The fourth-order valence-corrected chi connectivity index (χ4v) is 3.12. The first-order valence-corrected chi connectivity index (χ1v) is 8.28. The highest BCUT2D eigenvalue weighted by atomic mass is 16.5. The Balaban J connectivity index is 1.63. The minimum Gasteiger partial charge on any atom is -0.478 e. The first kappa shape index (κ1) is 16.5. The molecule has 1 fully saturated rings. The van der Waals surface area contributed by atoms with Gasteiger partial charge in [-0.25, -0.2) is 9.78 Å². The monoisotopic (exact) mass is 326 g/mol. The van der Waals surface area contributed by atoms with Gasteiger partial charge < -0.3 is 15.2 Å². The highest BCUT2D eigenvalue weighted by molar-refractivity contribution is 5.90. The summed E-state index contributed by atoms with van der Waals surface area (Å²) in [5.74, 6) is -0.323. The molecule has 0 bridgehead atoms. The van der Waals surface area contributed by atoms with E-state index in [4.69, 9.17) is 4.74 Å². The number of benzene rings is 1. The van der Waals surface area contributed by atoms with Crippen LogP contribution < -0.4 is 5.32 Å². The van der Waals surface area contributed by atoms with Crippen LogP contribution in [0.15, 0.2) is 42.6 Å². The first-order valence-electron chi connectivity index (χ1n) is 8.28. The maximum atomic E-state index is 11.2. The number of nitrogens with zero attached hydrogens (tertiary/aromatic N) is 1. The second-order valence-corrected chi connectivity index (χ2v) is 6.11. The molecule has 1 aromatic carbocycles. The Morgan fingerprint density at radius 2 is 2.08 bits per heavy atom. The number of ether oxygens (including phenoxy) is 1. The summed E-state index contributed by atoms with van der Waals surface area (Å²) < 4.78 is 6.21. The summed E-state index contributed by atoms with van der Waals surface area (Å²) in [6, 6.07) is 11.8. The van der Waals surface area contributed by atoms with Crippen LogP contribution in [0.1, 0.15) is 46.9 Å². The predicted molar refractivity (Wildman–Crippen MR) is 92.3 cm³/mol. The summed E-state index contributed by atoms with van der Waals surface area (Å²) >= 11 is 0. The minimum absolute atomic E-state index is 0.0960. The lowest BCUT2D eigenvalue weighted by atomic mass is 9.98. The Labute approximate surface area is 141 Å². The molecule has 24 heavy (non-hydrogen) atoms. The average Bonchev–Trinajstić information content (AvgIpc) is 2.61. The fourth-order valence-electron chi connectivity index (χ4n) is 3.12. The maximum absolute atomic E-state index is 11.2. The third-order valence-corrected chi connectivity index (χ3v) is 4.45. The van der Waals surface area contributed by atoms with E-state index < -0.39 is 5.97 Å². The van der Waals surface area contributed by atoms with Crippen molar-refractivity contribution in [1.29, 1.82) is 0 Å². The molecule has 2 heterocycles. The third kappa shape index (κ3) is 3.74. The number of carbonyl (C=O) groups is 1. The van der Waals surface area contributed by atoms with Gasteiger partial charge in [0.2, 0.25) is 0 Å². The summed E-state index contributed by atoms with van der Waals surface area (Å²) in [6.45, 7) is 2.40. The molecule has 0 saturated carbocycles.